The average Bonchev–Trinajstić information content (AvgIpc) is 2.53. The zero-order chi connectivity index (χ0) is 14.9. The van der Waals surface area contributed by atoms with Crippen molar-refractivity contribution in [3.05, 3.63) is 54.4 Å². The van der Waals surface area contributed by atoms with Gasteiger partial charge in [-0.05, 0) is 30.7 Å². The maximum absolute atomic E-state index is 11.8. The first-order valence-electron chi connectivity index (χ1n) is 6.91. The quantitative estimate of drug-likeness (QED) is 0.818. The number of nitrogens with one attached hydrogen (secondary N) is 2. The van der Waals surface area contributed by atoms with Crippen LogP contribution in [0.15, 0.2) is 48.8 Å². The van der Waals surface area contributed by atoms with Gasteiger partial charge in [-0.25, -0.2) is 0 Å². The first kappa shape index (κ1) is 14.8. The Labute approximate surface area is 124 Å². The second-order valence-corrected chi connectivity index (χ2v) is 4.42. The van der Waals surface area contributed by atoms with E-state index in [0.29, 0.717) is 13.2 Å². The minimum atomic E-state index is -0.0786. The number of amides is 1. The molecular formula is C16H19N3O2. The van der Waals surface area contributed by atoms with E-state index in [1.807, 2.05) is 43.3 Å². The lowest BCUT2D eigenvalue weighted by Gasteiger charge is -2.12. The van der Waals surface area contributed by atoms with Crippen LogP contribution in [0.25, 0.3) is 0 Å². The fourth-order valence-electron chi connectivity index (χ4n) is 1.84. The molecule has 0 bridgehead atoms. The van der Waals surface area contributed by atoms with Gasteiger partial charge in [0.05, 0.1) is 18.8 Å². The molecule has 0 spiro atoms. The number of aromatic nitrogens is 1. The Morgan fingerprint density at radius 3 is 2.86 bits per heavy atom. The Morgan fingerprint density at radius 2 is 2.10 bits per heavy atom. The van der Waals surface area contributed by atoms with Gasteiger partial charge >= 0.3 is 0 Å². The van der Waals surface area contributed by atoms with Crippen molar-refractivity contribution < 1.29 is 9.53 Å². The summed E-state index contributed by atoms with van der Waals surface area (Å²) >= 11 is 0. The molecule has 0 saturated carbocycles. The van der Waals surface area contributed by atoms with Crippen LogP contribution >= 0.6 is 0 Å². The Hall–Kier alpha value is -2.56. The number of para-hydroxylation sites is 2. The van der Waals surface area contributed by atoms with E-state index in [0.717, 1.165) is 17.0 Å². The van der Waals surface area contributed by atoms with E-state index >= 15 is 0 Å². The van der Waals surface area contributed by atoms with E-state index in [1.165, 1.54) is 0 Å². The third-order valence-corrected chi connectivity index (χ3v) is 2.84. The van der Waals surface area contributed by atoms with Crippen molar-refractivity contribution in [2.75, 3.05) is 18.5 Å². The molecule has 0 radical (unpaired) electrons. The number of hydrogen-bond acceptors (Lipinski definition) is 4. The second kappa shape index (κ2) is 7.89. The summed E-state index contributed by atoms with van der Waals surface area (Å²) < 4.78 is 5.50. The molecule has 2 aromatic rings. The van der Waals surface area contributed by atoms with Crippen molar-refractivity contribution in [2.24, 2.45) is 0 Å². The highest BCUT2D eigenvalue weighted by molar-refractivity contribution is 5.81. The molecule has 1 amide bonds. The predicted octanol–water partition coefficient (Wildman–Crippen LogP) is 2.21. The molecule has 1 aromatic heterocycles. The summed E-state index contributed by atoms with van der Waals surface area (Å²) in [4.78, 5) is 15.8. The summed E-state index contributed by atoms with van der Waals surface area (Å²) in [5, 5.41) is 5.92. The summed E-state index contributed by atoms with van der Waals surface area (Å²) in [7, 11) is 0. The number of anilines is 1. The number of carbonyl (C=O) groups excluding carboxylic acids is 1. The van der Waals surface area contributed by atoms with E-state index in [4.69, 9.17) is 4.74 Å². The third-order valence-electron chi connectivity index (χ3n) is 2.84. The van der Waals surface area contributed by atoms with Crippen molar-refractivity contribution in [3.63, 3.8) is 0 Å². The van der Waals surface area contributed by atoms with Crippen LogP contribution < -0.4 is 15.4 Å². The molecule has 0 saturated heterocycles. The highest BCUT2D eigenvalue weighted by atomic mass is 16.5. The monoisotopic (exact) mass is 285 g/mol. The van der Waals surface area contributed by atoms with Crippen molar-refractivity contribution in [1.82, 2.24) is 10.3 Å². The number of pyridine rings is 1. The number of benzene rings is 1. The van der Waals surface area contributed by atoms with Crippen molar-refractivity contribution in [2.45, 2.75) is 13.5 Å². The maximum Gasteiger partial charge on any atom is 0.239 e. The van der Waals surface area contributed by atoms with Gasteiger partial charge in [0.1, 0.15) is 5.75 Å². The summed E-state index contributed by atoms with van der Waals surface area (Å²) in [6, 6.07) is 11.3. The van der Waals surface area contributed by atoms with Gasteiger partial charge in [-0.15, -0.1) is 0 Å². The lowest BCUT2D eigenvalue weighted by atomic mass is 10.3. The van der Waals surface area contributed by atoms with Crippen LogP contribution in [0.2, 0.25) is 0 Å². The highest BCUT2D eigenvalue weighted by Gasteiger charge is 2.05. The first-order chi connectivity index (χ1) is 10.3. The van der Waals surface area contributed by atoms with Crippen LogP contribution in [0.3, 0.4) is 0 Å². The van der Waals surface area contributed by atoms with Crippen molar-refractivity contribution >= 4 is 11.6 Å². The van der Waals surface area contributed by atoms with Crippen LogP contribution in [-0.4, -0.2) is 24.0 Å². The highest BCUT2D eigenvalue weighted by Crippen LogP contribution is 2.23. The molecule has 0 aliphatic carbocycles. The zero-order valence-corrected chi connectivity index (χ0v) is 12.0. The van der Waals surface area contributed by atoms with E-state index < -0.39 is 0 Å². The van der Waals surface area contributed by atoms with Gasteiger partial charge in [0.2, 0.25) is 5.91 Å². The Balaban J connectivity index is 1.81. The number of rotatable bonds is 7. The summed E-state index contributed by atoms with van der Waals surface area (Å²) in [6.45, 7) is 3.19. The van der Waals surface area contributed by atoms with Crippen molar-refractivity contribution in [3.8, 4) is 5.75 Å². The summed E-state index contributed by atoms with van der Waals surface area (Å²) in [5.41, 5.74) is 1.79. The predicted molar refractivity (Wildman–Crippen MR) is 82.2 cm³/mol. The summed E-state index contributed by atoms with van der Waals surface area (Å²) in [5.74, 6) is 0.671. The fourth-order valence-corrected chi connectivity index (χ4v) is 1.84. The van der Waals surface area contributed by atoms with Crippen LogP contribution in [0.1, 0.15) is 12.5 Å². The number of nitrogens with zero attached hydrogens (tertiary/aromatic N) is 1. The lowest BCUT2D eigenvalue weighted by molar-refractivity contribution is -0.119. The molecule has 1 aromatic carbocycles. The lowest BCUT2D eigenvalue weighted by Crippen LogP contribution is -2.29. The third kappa shape index (κ3) is 4.80. The fraction of sp³-hybridized carbons (Fsp3) is 0.250. The second-order valence-electron chi connectivity index (χ2n) is 4.42. The molecule has 0 atom stereocenters. The largest absolute Gasteiger partial charge is 0.492 e. The standard InChI is InChI=1S/C16H19N3O2/c1-2-21-15-8-4-3-7-14(15)18-12-16(20)19-11-13-6-5-9-17-10-13/h3-10,18H,2,11-12H2,1H3,(H,19,20). The van der Waals surface area contributed by atoms with Crippen LogP contribution in [0.4, 0.5) is 5.69 Å². The van der Waals surface area contributed by atoms with E-state index in [1.54, 1.807) is 12.4 Å². The molecule has 5 heteroatoms. The molecule has 110 valence electrons. The summed E-state index contributed by atoms with van der Waals surface area (Å²) in [6.07, 6.45) is 3.44. The molecule has 5 nitrogen and oxygen atoms in total. The van der Waals surface area contributed by atoms with Crippen molar-refractivity contribution in [1.29, 1.82) is 0 Å². The minimum absolute atomic E-state index is 0.0786. The molecule has 2 N–H and O–H groups in total. The smallest absolute Gasteiger partial charge is 0.239 e. The number of ether oxygens (including phenoxy) is 1. The Morgan fingerprint density at radius 1 is 1.24 bits per heavy atom. The van der Waals surface area contributed by atoms with Gasteiger partial charge in [-0.2, -0.15) is 0 Å². The molecule has 21 heavy (non-hydrogen) atoms. The molecule has 0 aliphatic heterocycles. The average molecular weight is 285 g/mol. The topological polar surface area (TPSA) is 63.2 Å². The molecule has 2 rings (SSSR count). The van der Waals surface area contributed by atoms with Gasteiger partial charge in [0.25, 0.3) is 0 Å². The van der Waals surface area contributed by atoms with Crippen LogP contribution in [0, 0.1) is 0 Å². The Kier molecular flexibility index (Phi) is 5.58. The molecule has 1 heterocycles. The van der Waals surface area contributed by atoms with Gasteiger partial charge in [-0.1, -0.05) is 18.2 Å². The molecule has 0 fully saturated rings. The van der Waals surface area contributed by atoms with Gasteiger partial charge in [0.15, 0.2) is 0 Å². The van der Waals surface area contributed by atoms with Crippen LogP contribution in [-0.2, 0) is 11.3 Å². The van der Waals surface area contributed by atoms with Gasteiger partial charge < -0.3 is 15.4 Å². The number of hydrogen-bond donors (Lipinski definition) is 2. The molecule has 0 aliphatic rings. The number of carbonyl (C=O) groups is 1. The van der Waals surface area contributed by atoms with E-state index in [-0.39, 0.29) is 12.5 Å². The van der Waals surface area contributed by atoms with E-state index in [9.17, 15) is 4.79 Å². The minimum Gasteiger partial charge on any atom is -0.492 e. The van der Waals surface area contributed by atoms with Crippen LogP contribution in [0.5, 0.6) is 5.75 Å². The normalized spacial score (nSPS) is 9.95. The maximum atomic E-state index is 11.8. The SMILES string of the molecule is CCOc1ccccc1NCC(=O)NCc1cccnc1. The van der Waals surface area contributed by atoms with Gasteiger partial charge in [-0.3, -0.25) is 9.78 Å². The molecular weight excluding hydrogens is 266 g/mol. The van der Waals surface area contributed by atoms with Gasteiger partial charge in [0, 0.05) is 18.9 Å². The Bertz CT molecular complexity index is 573. The zero-order valence-electron chi connectivity index (χ0n) is 12.0. The first-order valence-corrected chi connectivity index (χ1v) is 6.91. The molecule has 0 unspecified atom stereocenters. The van der Waals surface area contributed by atoms with E-state index in [2.05, 4.69) is 15.6 Å².